The molecule has 2 heterocycles. The number of benzene rings is 2. The van der Waals surface area contributed by atoms with Crippen molar-refractivity contribution in [3.05, 3.63) is 75.6 Å². The van der Waals surface area contributed by atoms with Gasteiger partial charge in [0.05, 0.1) is 18.0 Å². The number of carbonyl (C=O) groups is 3. The molecule has 2 saturated carbocycles. The van der Waals surface area contributed by atoms with Crippen LogP contribution in [0.1, 0.15) is 100 Å². The number of carbonyl (C=O) groups excluding carboxylic acids is 3. The molecule has 0 spiro atoms. The van der Waals surface area contributed by atoms with Crippen molar-refractivity contribution < 1.29 is 14.4 Å². The van der Waals surface area contributed by atoms with E-state index in [1.54, 1.807) is 14.1 Å². The molecule has 12 nitrogen and oxygen atoms in total. The molecule has 7 rings (SSSR count). The second-order valence-electron chi connectivity index (χ2n) is 13.9. The van der Waals surface area contributed by atoms with Crippen LogP contribution in [0.2, 0.25) is 0 Å². The monoisotopic (exact) mass is 649 g/mol. The van der Waals surface area contributed by atoms with Crippen molar-refractivity contribution in [1.29, 1.82) is 5.26 Å². The number of piperidine rings is 1. The van der Waals surface area contributed by atoms with Crippen LogP contribution in [0.3, 0.4) is 0 Å². The molecule has 1 aromatic heterocycles. The Morgan fingerprint density at radius 2 is 1.62 bits per heavy atom. The van der Waals surface area contributed by atoms with Crippen LogP contribution < -0.4 is 16.0 Å². The Morgan fingerprint density at radius 1 is 0.979 bits per heavy atom. The number of likely N-dealkylation sites (tertiary alicyclic amines) is 1. The number of nitrogens with zero attached hydrogens (tertiary/aromatic N) is 5. The third-order valence-electron chi connectivity index (χ3n) is 11.3. The molecule has 3 amide bonds. The van der Waals surface area contributed by atoms with Gasteiger partial charge in [0.25, 0.3) is 11.8 Å². The Hall–Kier alpha value is -4.63. The van der Waals surface area contributed by atoms with Crippen molar-refractivity contribution >= 4 is 17.7 Å². The summed E-state index contributed by atoms with van der Waals surface area (Å²) in [6.45, 7) is 0.149. The van der Waals surface area contributed by atoms with Crippen molar-refractivity contribution in [2.75, 3.05) is 20.6 Å². The third-order valence-corrected chi connectivity index (χ3v) is 11.3. The van der Waals surface area contributed by atoms with E-state index in [1.807, 2.05) is 41.3 Å². The van der Waals surface area contributed by atoms with Crippen LogP contribution >= 0.6 is 0 Å². The molecule has 3 aromatic rings. The Morgan fingerprint density at radius 3 is 2.19 bits per heavy atom. The summed E-state index contributed by atoms with van der Waals surface area (Å²) in [5.41, 5.74) is 4.22. The van der Waals surface area contributed by atoms with E-state index in [0.29, 0.717) is 48.0 Å². The zero-order valence-electron chi connectivity index (χ0n) is 27.6. The number of aryl methyl sites for hydroxylation is 2. The molecular formula is C36H43N9O3. The highest BCUT2D eigenvalue weighted by molar-refractivity contribution is 5.95. The van der Waals surface area contributed by atoms with Crippen molar-refractivity contribution in [2.24, 2.45) is 11.8 Å². The number of rotatable bonds is 9. The van der Waals surface area contributed by atoms with Gasteiger partial charge in [-0.05, 0) is 103 Å². The molecule has 48 heavy (non-hydrogen) atoms. The van der Waals surface area contributed by atoms with Crippen molar-refractivity contribution in [2.45, 2.75) is 87.7 Å². The topological polar surface area (TPSA) is 169 Å². The van der Waals surface area contributed by atoms with Crippen LogP contribution in [0.15, 0.2) is 36.4 Å². The van der Waals surface area contributed by atoms with E-state index >= 15 is 0 Å². The number of H-pyrrole nitrogens is 1. The quantitative estimate of drug-likeness (QED) is 0.274. The third kappa shape index (κ3) is 5.64. The summed E-state index contributed by atoms with van der Waals surface area (Å²) in [6, 6.07) is 13.8. The second kappa shape index (κ2) is 13.1. The molecule has 1 saturated heterocycles. The van der Waals surface area contributed by atoms with Crippen molar-refractivity contribution in [3.63, 3.8) is 0 Å². The van der Waals surface area contributed by atoms with E-state index in [1.165, 1.54) is 6.42 Å². The minimum Gasteiger partial charge on any atom is -0.355 e. The Labute approximate surface area is 280 Å². The van der Waals surface area contributed by atoms with Gasteiger partial charge in [-0.1, -0.05) is 36.6 Å². The molecule has 12 heteroatoms. The van der Waals surface area contributed by atoms with Crippen LogP contribution in [-0.4, -0.2) is 82.0 Å². The van der Waals surface area contributed by atoms with Gasteiger partial charge in [0.15, 0.2) is 5.82 Å². The lowest BCUT2D eigenvalue weighted by Gasteiger charge is -2.40. The summed E-state index contributed by atoms with van der Waals surface area (Å²) >= 11 is 0. The average molecular weight is 650 g/mol. The number of aromatic amines is 1. The van der Waals surface area contributed by atoms with Gasteiger partial charge in [-0.25, -0.2) is 0 Å². The summed E-state index contributed by atoms with van der Waals surface area (Å²) in [7, 11) is 3.25. The van der Waals surface area contributed by atoms with Gasteiger partial charge < -0.3 is 20.9 Å². The minimum atomic E-state index is -0.904. The van der Waals surface area contributed by atoms with E-state index in [9.17, 15) is 19.6 Å². The lowest BCUT2D eigenvalue weighted by Crippen LogP contribution is -2.50. The molecule has 0 bridgehead atoms. The Bertz CT molecular complexity index is 1680. The maximum atomic E-state index is 13.7. The first kappa shape index (κ1) is 31.9. The minimum absolute atomic E-state index is 0.0203. The number of hydrogen-bond acceptors (Lipinski definition) is 8. The Balaban J connectivity index is 1.35. The highest BCUT2D eigenvalue weighted by Gasteiger charge is 2.54. The molecule has 0 radical (unpaired) electrons. The zero-order valence-corrected chi connectivity index (χ0v) is 27.6. The van der Waals surface area contributed by atoms with Crippen LogP contribution in [-0.2, 0) is 23.1 Å². The first-order valence-electron chi connectivity index (χ1n) is 17.3. The van der Waals surface area contributed by atoms with Crippen LogP contribution in [0, 0.1) is 23.2 Å². The number of fused-ring (bicyclic) bond motifs is 3. The van der Waals surface area contributed by atoms with Crippen LogP contribution in [0.4, 0.5) is 0 Å². The molecule has 4 atom stereocenters. The lowest BCUT2D eigenvalue weighted by molar-refractivity contribution is -0.131. The van der Waals surface area contributed by atoms with E-state index in [4.69, 9.17) is 0 Å². The summed E-state index contributed by atoms with van der Waals surface area (Å²) in [4.78, 5) is 41.2. The summed E-state index contributed by atoms with van der Waals surface area (Å²) in [5, 5.41) is 35.0. The summed E-state index contributed by atoms with van der Waals surface area (Å²) in [5.74, 6) is 0.913. The predicted molar refractivity (Wildman–Crippen MR) is 177 cm³/mol. The zero-order chi connectivity index (χ0) is 33.4. The highest BCUT2D eigenvalue weighted by atomic mass is 16.2. The van der Waals surface area contributed by atoms with E-state index in [0.717, 1.165) is 60.8 Å². The van der Waals surface area contributed by atoms with Crippen LogP contribution in [0.25, 0.3) is 0 Å². The maximum absolute atomic E-state index is 13.7. The fourth-order valence-electron chi connectivity index (χ4n) is 8.83. The standard InChI is InChI=1S/C36H43N9O3/c1-38-33(47)24-10-12-28-22(14-24)8-9-23-15-25(34(48)39-2)11-13-29(23)36(28,35-41-43-44-42-35)18-30(21-6-4-3-5-7-21)40-20-32(46)45-27(19-37)16-26-17-31(26)45/h10-15,21,26-27,30-31,40H,3-9,16-18,20H2,1-2H3,(H,38,47)(H,39,48)(H,41,42,43,44)/t26-,27+,30-,31+/m1/s1. The van der Waals surface area contributed by atoms with Gasteiger partial charge in [-0.2, -0.15) is 10.5 Å². The van der Waals surface area contributed by atoms with Gasteiger partial charge in [0, 0.05) is 37.3 Å². The SMILES string of the molecule is CNC(=O)c1ccc2c(c1)CCc1cc(C(=O)NC)ccc1C2(C[C@@H](NCC(=O)N1[C@H](C#N)C[C@@H]2C[C@@H]21)C1CCCCC1)c1nn[nH]n1. The highest BCUT2D eigenvalue weighted by Crippen LogP contribution is 2.49. The van der Waals surface area contributed by atoms with Gasteiger partial charge in [0.1, 0.15) is 6.04 Å². The van der Waals surface area contributed by atoms with Crippen molar-refractivity contribution in [3.8, 4) is 6.07 Å². The molecule has 3 aliphatic carbocycles. The molecule has 2 aromatic carbocycles. The fourth-order valence-corrected chi connectivity index (χ4v) is 8.83. The predicted octanol–water partition coefficient (Wildman–Crippen LogP) is 2.79. The summed E-state index contributed by atoms with van der Waals surface area (Å²) in [6.07, 6.45) is 9.10. The smallest absolute Gasteiger partial charge is 0.251 e. The van der Waals surface area contributed by atoms with Gasteiger partial charge in [0.2, 0.25) is 5.91 Å². The molecule has 4 N–H and O–H groups in total. The molecule has 250 valence electrons. The first-order chi connectivity index (χ1) is 23.4. The number of hydrogen-bond donors (Lipinski definition) is 4. The number of nitriles is 1. The maximum Gasteiger partial charge on any atom is 0.251 e. The molecule has 3 fully saturated rings. The molecular weight excluding hydrogens is 606 g/mol. The van der Waals surface area contributed by atoms with Gasteiger partial charge in [-0.3, -0.25) is 14.4 Å². The largest absolute Gasteiger partial charge is 0.355 e. The second-order valence-corrected chi connectivity index (χ2v) is 13.9. The number of tetrazole rings is 1. The normalized spacial score (nSPS) is 23.1. The average Bonchev–Trinajstić information content (AvgIpc) is 3.50. The van der Waals surface area contributed by atoms with Crippen LogP contribution in [0.5, 0.6) is 0 Å². The summed E-state index contributed by atoms with van der Waals surface area (Å²) < 4.78 is 0. The number of amides is 3. The van der Waals surface area contributed by atoms with Crippen molar-refractivity contribution in [1.82, 2.24) is 41.5 Å². The molecule has 1 aliphatic heterocycles. The molecule has 0 unspecified atom stereocenters. The number of aromatic nitrogens is 4. The van der Waals surface area contributed by atoms with E-state index in [-0.39, 0.29) is 42.4 Å². The first-order valence-corrected chi connectivity index (χ1v) is 17.3. The fraction of sp³-hybridized carbons (Fsp3) is 0.528. The van der Waals surface area contributed by atoms with E-state index < -0.39 is 5.41 Å². The van der Waals surface area contributed by atoms with Gasteiger partial charge in [-0.15, -0.1) is 10.2 Å². The molecule has 4 aliphatic rings. The number of nitrogens with one attached hydrogen (secondary N) is 4. The Kier molecular flexibility index (Phi) is 8.73. The van der Waals surface area contributed by atoms with Gasteiger partial charge >= 0.3 is 0 Å². The lowest BCUT2D eigenvalue weighted by atomic mass is 9.65. The van der Waals surface area contributed by atoms with E-state index in [2.05, 4.69) is 42.6 Å².